The number of imidazole rings is 1. The number of fused-ring (bicyclic) bond motifs is 1. The molecule has 0 aliphatic carbocycles. The van der Waals surface area contributed by atoms with Gasteiger partial charge in [0.1, 0.15) is 5.25 Å². The van der Waals surface area contributed by atoms with Crippen LogP contribution < -0.4 is 0 Å². The molecule has 5 nitrogen and oxygen atoms in total. The van der Waals surface area contributed by atoms with Crippen molar-refractivity contribution in [2.24, 2.45) is 0 Å². The van der Waals surface area contributed by atoms with Crippen molar-refractivity contribution >= 4 is 28.7 Å². The SMILES string of the molecule is COCCn1c(S[C@@H](C(=O)N2CCCC2)c2ccccc2)nc2ccccc21. The molecule has 1 aliphatic heterocycles. The minimum absolute atomic E-state index is 0.180. The summed E-state index contributed by atoms with van der Waals surface area (Å²) in [5, 5.41) is 0.567. The highest BCUT2D eigenvalue weighted by Crippen LogP contribution is 2.38. The molecule has 4 rings (SSSR count). The van der Waals surface area contributed by atoms with Gasteiger partial charge in [-0.3, -0.25) is 4.79 Å². The van der Waals surface area contributed by atoms with Gasteiger partial charge in [-0.1, -0.05) is 54.2 Å². The standard InChI is InChI=1S/C22H25N3O2S/c1-27-16-15-25-19-12-6-5-11-18(19)23-22(25)28-20(17-9-3-2-4-10-17)21(26)24-13-7-8-14-24/h2-6,9-12,20H,7-8,13-16H2,1H3/t20-/m1/s1. The van der Waals surface area contributed by atoms with Gasteiger partial charge in [0, 0.05) is 26.7 Å². The Balaban J connectivity index is 1.71. The number of nitrogens with zero attached hydrogens (tertiary/aromatic N) is 3. The largest absolute Gasteiger partial charge is 0.383 e. The quantitative estimate of drug-likeness (QED) is 0.564. The smallest absolute Gasteiger partial charge is 0.240 e. The lowest BCUT2D eigenvalue weighted by molar-refractivity contribution is -0.129. The van der Waals surface area contributed by atoms with E-state index in [9.17, 15) is 4.79 Å². The minimum Gasteiger partial charge on any atom is -0.383 e. The van der Waals surface area contributed by atoms with Crippen molar-refractivity contribution in [3.63, 3.8) is 0 Å². The first-order valence-corrected chi connectivity index (χ1v) is 10.6. The van der Waals surface area contributed by atoms with Gasteiger partial charge in [-0.2, -0.15) is 0 Å². The van der Waals surface area contributed by atoms with Crippen molar-refractivity contribution in [1.29, 1.82) is 0 Å². The van der Waals surface area contributed by atoms with Crippen molar-refractivity contribution in [2.45, 2.75) is 29.8 Å². The molecule has 6 heteroatoms. The molecule has 2 heterocycles. The highest BCUT2D eigenvalue weighted by atomic mass is 32.2. The highest BCUT2D eigenvalue weighted by molar-refractivity contribution is 8.00. The van der Waals surface area contributed by atoms with Crippen molar-refractivity contribution in [3.05, 3.63) is 60.2 Å². The van der Waals surface area contributed by atoms with E-state index in [0.717, 1.165) is 47.7 Å². The van der Waals surface area contributed by atoms with Gasteiger partial charge in [0.2, 0.25) is 5.91 Å². The fraction of sp³-hybridized carbons (Fsp3) is 0.364. The average molecular weight is 396 g/mol. The maximum Gasteiger partial charge on any atom is 0.240 e. The molecule has 0 saturated carbocycles. The van der Waals surface area contributed by atoms with Crippen LogP contribution >= 0.6 is 11.8 Å². The normalized spacial score (nSPS) is 15.2. The van der Waals surface area contributed by atoms with Gasteiger partial charge in [-0.25, -0.2) is 4.98 Å². The number of benzene rings is 2. The van der Waals surface area contributed by atoms with Gasteiger partial charge in [0.15, 0.2) is 5.16 Å². The van der Waals surface area contributed by atoms with Gasteiger partial charge >= 0.3 is 0 Å². The first kappa shape index (κ1) is 19.0. The van der Waals surface area contributed by atoms with E-state index in [1.165, 1.54) is 0 Å². The summed E-state index contributed by atoms with van der Waals surface area (Å²) in [5.74, 6) is 0.180. The molecule has 28 heavy (non-hydrogen) atoms. The lowest BCUT2D eigenvalue weighted by Gasteiger charge is -2.23. The Morgan fingerprint density at radius 1 is 1.11 bits per heavy atom. The molecule has 1 atom stereocenters. The Labute approximate surface area is 169 Å². The number of carbonyl (C=O) groups excluding carboxylic acids is 1. The zero-order chi connectivity index (χ0) is 19.3. The topological polar surface area (TPSA) is 47.4 Å². The summed E-state index contributed by atoms with van der Waals surface area (Å²) in [6, 6.07) is 18.1. The van der Waals surface area contributed by atoms with E-state index in [0.29, 0.717) is 13.2 Å². The Hall–Kier alpha value is -2.31. The lowest BCUT2D eigenvalue weighted by Crippen LogP contribution is -2.31. The van der Waals surface area contributed by atoms with E-state index in [-0.39, 0.29) is 11.2 Å². The predicted molar refractivity (Wildman–Crippen MR) is 112 cm³/mol. The van der Waals surface area contributed by atoms with Crippen LogP contribution in [0.25, 0.3) is 11.0 Å². The fourth-order valence-corrected chi connectivity index (χ4v) is 4.86. The highest BCUT2D eigenvalue weighted by Gasteiger charge is 2.30. The first-order chi connectivity index (χ1) is 13.8. The van der Waals surface area contributed by atoms with Crippen LogP contribution in [0.1, 0.15) is 23.7 Å². The number of hydrogen-bond acceptors (Lipinski definition) is 4. The number of ether oxygens (including phenoxy) is 1. The molecule has 0 unspecified atom stereocenters. The number of likely N-dealkylation sites (tertiary alicyclic amines) is 1. The zero-order valence-corrected chi connectivity index (χ0v) is 16.9. The third-order valence-corrected chi connectivity index (χ3v) is 6.34. The molecule has 1 saturated heterocycles. The molecule has 0 spiro atoms. The molecular formula is C22H25N3O2S. The van der Waals surface area contributed by atoms with E-state index in [1.807, 2.05) is 53.4 Å². The number of amides is 1. The molecule has 146 valence electrons. The molecular weight excluding hydrogens is 370 g/mol. The van der Waals surface area contributed by atoms with E-state index in [2.05, 4.69) is 10.6 Å². The number of methoxy groups -OCH3 is 1. The van der Waals surface area contributed by atoms with Crippen LogP contribution in [0, 0.1) is 0 Å². The van der Waals surface area contributed by atoms with Crippen LogP contribution in [0.5, 0.6) is 0 Å². The summed E-state index contributed by atoms with van der Waals surface area (Å²) in [5.41, 5.74) is 3.04. The van der Waals surface area contributed by atoms with Crippen molar-refractivity contribution in [3.8, 4) is 0 Å². The fourth-order valence-electron chi connectivity index (χ4n) is 3.64. The molecule has 2 aromatic carbocycles. The summed E-state index contributed by atoms with van der Waals surface area (Å²) in [6.07, 6.45) is 2.18. The Morgan fingerprint density at radius 3 is 2.57 bits per heavy atom. The molecule has 1 aliphatic rings. The third kappa shape index (κ3) is 3.93. The summed E-state index contributed by atoms with van der Waals surface area (Å²) in [6.45, 7) is 3.01. The van der Waals surface area contributed by atoms with Gasteiger partial charge < -0.3 is 14.2 Å². The number of rotatable bonds is 7. The monoisotopic (exact) mass is 395 g/mol. The van der Waals surface area contributed by atoms with E-state index < -0.39 is 0 Å². The van der Waals surface area contributed by atoms with Gasteiger partial charge in [0.05, 0.1) is 17.6 Å². The summed E-state index contributed by atoms with van der Waals surface area (Å²) in [4.78, 5) is 20.2. The molecule has 0 bridgehead atoms. The van der Waals surface area contributed by atoms with E-state index in [1.54, 1.807) is 18.9 Å². The van der Waals surface area contributed by atoms with Crippen LogP contribution in [0.3, 0.4) is 0 Å². The molecule has 1 fully saturated rings. The van der Waals surface area contributed by atoms with Gasteiger partial charge in [-0.15, -0.1) is 0 Å². The number of thioether (sulfide) groups is 1. The predicted octanol–water partition coefficient (Wildman–Crippen LogP) is 4.14. The number of para-hydroxylation sites is 2. The third-order valence-electron chi connectivity index (χ3n) is 5.11. The maximum absolute atomic E-state index is 13.3. The van der Waals surface area contributed by atoms with E-state index in [4.69, 9.17) is 9.72 Å². The second-order valence-corrected chi connectivity index (χ2v) is 8.04. The number of hydrogen-bond donors (Lipinski definition) is 0. The lowest BCUT2D eigenvalue weighted by atomic mass is 10.1. The zero-order valence-electron chi connectivity index (χ0n) is 16.1. The molecule has 0 radical (unpaired) electrons. The Morgan fingerprint density at radius 2 is 1.82 bits per heavy atom. The summed E-state index contributed by atoms with van der Waals surface area (Å²) < 4.78 is 7.47. The van der Waals surface area contributed by atoms with Crippen LogP contribution in [0.2, 0.25) is 0 Å². The second kappa shape index (κ2) is 8.80. The van der Waals surface area contributed by atoms with Crippen LogP contribution in [-0.2, 0) is 16.1 Å². The Bertz CT molecular complexity index is 935. The molecule has 3 aromatic rings. The van der Waals surface area contributed by atoms with Crippen LogP contribution in [0.4, 0.5) is 0 Å². The molecule has 1 aromatic heterocycles. The van der Waals surface area contributed by atoms with Crippen molar-refractivity contribution in [2.75, 3.05) is 26.8 Å². The van der Waals surface area contributed by atoms with Crippen LogP contribution in [-0.4, -0.2) is 47.2 Å². The summed E-state index contributed by atoms with van der Waals surface area (Å²) >= 11 is 1.54. The van der Waals surface area contributed by atoms with Crippen molar-refractivity contribution < 1.29 is 9.53 Å². The van der Waals surface area contributed by atoms with E-state index >= 15 is 0 Å². The minimum atomic E-state index is -0.294. The molecule has 1 amide bonds. The summed E-state index contributed by atoms with van der Waals surface area (Å²) in [7, 11) is 1.70. The number of aromatic nitrogens is 2. The van der Waals surface area contributed by atoms with Crippen LogP contribution in [0.15, 0.2) is 59.8 Å². The Kier molecular flexibility index (Phi) is 5.98. The first-order valence-electron chi connectivity index (χ1n) is 9.72. The van der Waals surface area contributed by atoms with Crippen molar-refractivity contribution in [1.82, 2.24) is 14.5 Å². The average Bonchev–Trinajstić information content (AvgIpc) is 3.39. The number of carbonyl (C=O) groups is 1. The van der Waals surface area contributed by atoms with Gasteiger partial charge in [-0.05, 0) is 30.5 Å². The maximum atomic E-state index is 13.3. The molecule has 0 N–H and O–H groups in total. The van der Waals surface area contributed by atoms with Gasteiger partial charge in [0.25, 0.3) is 0 Å². The second-order valence-electron chi connectivity index (χ2n) is 6.97.